The summed E-state index contributed by atoms with van der Waals surface area (Å²) >= 11 is 6.12. The van der Waals surface area contributed by atoms with Gasteiger partial charge in [0, 0.05) is 76.0 Å². The van der Waals surface area contributed by atoms with Crippen LogP contribution in [0.5, 0.6) is 11.5 Å². The molecule has 12 aromatic rings. The Bertz CT molecular complexity index is 4520. The SMILES string of the molecule is Cc1ccc(Cn2ccc3cc(-c4ccc(OC(F)(F)F)cc4)ccc32)cc1.O=C(O)C(=O)c1cn(Cc2ccccc2)c2cc(-c3cccc(Cl)c3)ccc12.O=C(O)C(=O)c1cn(Cc2ccccc2)c2ccc(-c3cccc(OC(F)(F)F)c3)cc12. The molecule has 0 spiro atoms. The first-order valence-electron chi connectivity index (χ1n) is 27.1. The lowest BCUT2D eigenvalue weighted by molar-refractivity contribution is -0.275. The van der Waals surface area contributed by atoms with Gasteiger partial charge in [0.2, 0.25) is 0 Å². The number of hydrogen-bond acceptors (Lipinski definition) is 6. The minimum absolute atomic E-state index is 0.00739. The number of carbonyl (C=O) groups excluding carboxylic acids is 2. The van der Waals surface area contributed by atoms with E-state index in [9.17, 15) is 55.7 Å². The normalized spacial score (nSPS) is 11.4. The van der Waals surface area contributed by atoms with Gasteiger partial charge in [0.25, 0.3) is 11.6 Å². The fraction of sp³-hybridized carbons (Fsp3) is 0.0857. The summed E-state index contributed by atoms with van der Waals surface area (Å²) in [5.41, 5.74) is 11.8. The molecular weight excluding hydrogens is 1160 g/mol. The topological polar surface area (TPSA) is 142 Å². The summed E-state index contributed by atoms with van der Waals surface area (Å²) in [5, 5.41) is 21.2. The number of aromatic nitrogens is 3. The van der Waals surface area contributed by atoms with Gasteiger partial charge in [0.05, 0.1) is 11.1 Å². The summed E-state index contributed by atoms with van der Waals surface area (Å²) < 4.78 is 88.3. The Morgan fingerprint density at radius 3 is 1.49 bits per heavy atom. The lowest BCUT2D eigenvalue weighted by Crippen LogP contribution is -2.17. The molecule has 3 aromatic heterocycles. The number of hydrogen-bond donors (Lipinski definition) is 2. The molecule has 0 fully saturated rings. The van der Waals surface area contributed by atoms with Gasteiger partial charge in [-0.05, 0) is 130 Å². The van der Waals surface area contributed by atoms with E-state index in [1.54, 1.807) is 53.2 Å². The van der Waals surface area contributed by atoms with Gasteiger partial charge in [-0.1, -0.05) is 163 Å². The van der Waals surface area contributed by atoms with Crippen molar-refractivity contribution in [1.82, 2.24) is 13.7 Å². The Balaban J connectivity index is 0.000000146. The summed E-state index contributed by atoms with van der Waals surface area (Å²) in [6.07, 6.45) is -4.34. The van der Waals surface area contributed by atoms with Gasteiger partial charge in [-0.3, -0.25) is 9.59 Å². The molecule has 0 unspecified atom stereocenters. The molecule has 11 nitrogen and oxygen atoms in total. The van der Waals surface area contributed by atoms with E-state index in [0.29, 0.717) is 45.5 Å². The number of fused-ring (bicyclic) bond motifs is 3. The Kier molecular flexibility index (Phi) is 17.8. The van der Waals surface area contributed by atoms with Crippen molar-refractivity contribution in [3.05, 3.63) is 275 Å². The van der Waals surface area contributed by atoms with Crippen LogP contribution in [0.25, 0.3) is 66.1 Å². The van der Waals surface area contributed by atoms with Crippen molar-refractivity contribution in [2.45, 2.75) is 39.3 Å². The fourth-order valence-corrected chi connectivity index (χ4v) is 10.4. The van der Waals surface area contributed by atoms with Crippen LogP contribution >= 0.6 is 11.6 Å². The van der Waals surface area contributed by atoms with Crippen LogP contribution in [0, 0.1) is 6.92 Å². The highest BCUT2D eigenvalue weighted by atomic mass is 35.5. The van der Waals surface area contributed by atoms with E-state index in [2.05, 4.69) is 51.4 Å². The van der Waals surface area contributed by atoms with E-state index in [1.807, 2.05) is 126 Å². The first-order valence-corrected chi connectivity index (χ1v) is 27.5. The lowest BCUT2D eigenvalue weighted by Gasteiger charge is -2.11. The fourth-order valence-electron chi connectivity index (χ4n) is 10.2. The third kappa shape index (κ3) is 14.9. The van der Waals surface area contributed by atoms with Crippen molar-refractivity contribution >= 4 is 67.8 Å². The summed E-state index contributed by atoms with van der Waals surface area (Å²) in [4.78, 5) is 47.1. The van der Waals surface area contributed by atoms with Crippen molar-refractivity contribution in [3.63, 3.8) is 0 Å². The predicted octanol–water partition coefficient (Wildman–Crippen LogP) is 17.4. The zero-order valence-electron chi connectivity index (χ0n) is 46.5. The van der Waals surface area contributed by atoms with E-state index >= 15 is 0 Å². The largest absolute Gasteiger partial charge is 0.573 e. The van der Waals surface area contributed by atoms with Gasteiger partial charge in [0.1, 0.15) is 11.5 Å². The van der Waals surface area contributed by atoms with E-state index in [4.69, 9.17) is 11.6 Å². The molecule has 0 aliphatic heterocycles. The molecule has 12 rings (SSSR count). The smallest absolute Gasteiger partial charge is 0.475 e. The van der Waals surface area contributed by atoms with Crippen LogP contribution in [0.4, 0.5) is 26.3 Å². The molecule has 442 valence electrons. The highest BCUT2D eigenvalue weighted by molar-refractivity contribution is 6.43. The molecule has 0 amide bonds. The average Bonchev–Trinajstić information content (AvgIpc) is 2.03. The summed E-state index contributed by atoms with van der Waals surface area (Å²) in [5.74, 6) is -5.62. The zero-order valence-corrected chi connectivity index (χ0v) is 47.2. The Labute approximate surface area is 504 Å². The molecule has 9 aromatic carbocycles. The predicted molar refractivity (Wildman–Crippen MR) is 326 cm³/mol. The second-order valence-corrected chi connectivity index (χ2v) is 20.8. The number of carboxylic acid groups (broad SMARTS) is 2. The number of benzene rings is 9. The third-order valence-corrected chi connectivity index (χ3v) is 14.5. The quantitative estimate of drug-likeness (QED) is 0.0587. The minimum Gasteiger partial charge on any atom is -0.475 e. The minimum atomic E-state index is -4.82. The van der Waals surface area contributed by atoms with E-state index in [-0.39, 0.29) is 22.6 Å². The molecule has 0 aliphatic rings. The molecular formula is C70H50ClF6N3O8. The number of carboxylic acids is 2. The van der Waals surface area contributed by atoms with E-state index in [0.717, 1.165) is 56.3 Å². The number of aryl methyl sites for hydroxylation is 1. The third-order valence-electron chi connectivity index (χ3n) is 14.3. The van der Waals surface area contributed by atoms with Gasteiger partial charge >= 0.3 is 24.7 Å². The molecule has 0 saturated carbocycles. The Morgan fingerprint density at radius 1 is 0.420 bits per heavy atom. The number of aliphatic carboxylic acids is 2. The van der Waals surface area contributed by atoms with Crippen LogP contribution in [-0.4, -0.2) is 60.1 Å². The van der Waals surface area contributed by atoms with Crippen LogP contribution in [0.3, 0.4) is 0 Å². The number of carbonyl (C=O) groups is 4. The van der Waals surface area contributed by atoms with E-state index < -0.39 is 36.2 Å². The first kappa shape index (κ1) is 60.5. The number of nitrogens with zero attached hydrogens (tertiary/aromatic N) is 3. The van der Waals surface area contributed by atoms with Gasteiger partial charge in [0.15, 0.2) is 0 Å². The second kappa shape index (κ2) is 25.9. The number of rotatable bonds is 15. The maximum atomic E-state index is 12.6. The number of halogens is 7. The van der Waals surface area contributed by atoms with Crippen molar-refractivity contribution in [1.29, 1.82) is 0 Å². The maximum absolute atomic E-state index is 12.6. The van der Waals surface area contributed by atoms with E-state index in [1.165, 1.54) is 47.7 Å². The highest BCUT2D eigenvalue weighted by Gasteiger charge is 2.32. The van der Waals surface area contributed by atoms with Crippen molar-refractivity contribution in [3.8, 4) is 44.9 Å². The molecule has 2 N–H and O–H groups in total. The van der Waals surface area contributed by atoms with Gasteiger partial charge in [-0.2, -0.15) is 0 Å². The number of ether oxygens (including phenoxy) is 2. The molecule has 18 heteroatoms. The summed E-state index contributed by atoms with van der Waals surface area (Å²) in [6.45, 7) is 3.80. The second-order valence-electron chi connectivity index (χ2n) is 20.4. The van der Waals surface area contributed by atoms with Gasteiger partial charge in [-0.15, -0.1) is 26.3 Å². The molecule has 0 aliphatic carbocycles. The van der Waals surface area contributed by atoms with Crippen LogP contribution in [0.2, 0.25) is 5.02 Å². The van der Waals surface area contributed by atoms with Crippen LogP contribution in [0.15, 0.2) is 237 Å². The Morgan fingerprint density at radius 2 is 0.898 bits per heavy atom. The zero-order chi connectivity index (χ0) is 62.3. The Hall–Kier alpha value is -10.7. The standard InChI is InChI=1S/C24H16F3NO4.C23H16ClNO3.C23H18F3NO/c25-24(26,27)32-18-8-4-7-16(11-18)17-9-10-21-19(12-17)20(22(29)23(30)31)14-28(21)13-15-5-2-1-3-6-15;24-18-8-4-7-16(11-18)17-9-10-19-20(22(26)23(27)28)14-25(21(19)12-17)13-15-5-2-1-3-6-15;1-16-2-4-17(5-3-16)15-27-13-12-20-14-19(8-11-22(20)27)18-6-9-21(10-7-18)28-23(24,25)26/h1-12,14H,13H2,(H,30,31);1-12,14H,13H2,(H,27,28);2-14H,15H2,1H3. The van der Waals surface area contributed by atoms with Crippen LogP contribution in [0.1, 0.15) is 43.0 Å². The van der Waals surface area contributed by atoms with Crippen molar-refractivity contribution in [2.24, 2.45) is 0 Å². The molecule has 88 heavy (non-hydrogen) atoms. The molecule has 3 heterocycles. The molecule has 0 saturated heterocycles. The number of ketones is 2. The monoisotopic (exact) mass is 1210 g/mol. The van der Waals surface area contributed by atoms with Crippen LogP contribution < -0.4 is 9.47 Å². The number of alkyl halides is 6. The van der Waals surface area contributed by atoms with Crippen LogP contribution in [-0.2, 0) is 29.2 Å². The average molecular weight is 1210 g/mol. The van der Waals surface area contributed by atoms with Gasteiger partial charge < -0.3 is 33.4 Å². The number of Topliss-reactive ketones (excluding diaryl/α,β-unsaturated/α-hetero) is 2. The lowest BCUT2D eigenvalue weighted by atomic mass is 10.0. The van der Waals surface area contributed by atoms with Crippen molar-refractivity contribution < 1.29 is 65.2 Å². The highest BCUT2D eigenvalue weighted by Crippen LogP contribution is 2.35. The maximum Gasteiger partial charge on any atom is 0.573 e. The summed E-state index contributed by atoms with van der Waals surface area (Å²) in [7, 11) is 0. The summed E-state index contributed by atoms with van der Waals surface area (Å²) in [6, 6.07) is 65.3. The molecule has 0 bridgehead atoms. The van der Waals surface area contributed by atoms with Crippen molar-refractivity contribution in [2.75, 3.05) is 0 Å². The molecule has 0 radical (unpaired) electrons. The van der Waals surface area contributed by atoms with Gasteiger partial charge in [-0.25, -0.2) is 9.59 Å². The molecule has 0 atom stereocenters. The first-order chi connectivity index (χ1) is 42.1.